The Balaban J connectivity index is 1.87. The Morgan fingerprint density at radius 2 is 1.95 bits per heavy atom. The highest BCUT2D eigenvalue weighted by atomic mass is 16.4. The van der Waals surface area contributed by atoms with E-state index in [4.69, 9.17) is 5.11 Å². The zero-order valence-electron chi connectivity index (χ0n) is 12.7. The van der Waals surface area contributed by atoms with Crippen LogP contribution in [-0.4, -0.2) is 16.1 Å². The lowest BCUT2D eigenvalue weighted by atomic mass is 9.78. The Morgan fingerprint density at radius 1 is 1.24 bits per heavy atom. The molecule has 1 aromatic heterocycles. The van der Waals surface area contributed by atoms with E-state index in [0.717, 1.165) is 25.7 Å². The third kappa shape index (κ3) is 2.69. The first kappa shape index (κ1) is 14.2. The maximum absolute atomic E-state index is 11.1. The van der Waals surface area contributed by atoms with Gasteiger partial charge in [-0.3, -0.25) is 4.79 Å². The Morgan fingerprint density at radius 3 is 2.57 bits per heavy atom. The maximum Gasteiger partial charge on any atom is 0.306 e. The number of H-pyrrole nitrogens is 1. The molecule has 1 aromatic carbocycles. The van der Waals surface area contributed by atoms with E-state index in [1.54, 1.807) is 0 Å². The standard InChI is InChI=1S/C18H23NO2/c1-11(2)14-7-8-17-15(9-14)16(10-19-17)12-3-5-13(6-4-12)18(20)21/h7-13,19H,3-6H2,1-2H3,(H,20,21). The molecule has 0 amide bonds. The molecule has 2 aromatic rings. The van der Waals surface area contributed by atoms with Crippen molar-refractivity contribution in [3.05, 3.63) is 35.5 Å². The summed E-state index contributed by atoms with van der Waals surface area (Å²) in [5, 5.41) is 10.4. The fraction of sp³-hybridized carbons (Fsp3) is 0.500. The quantitative estimate of drug-likeness (QED) is 0.862. The molecular formula is C18H23NO2. The van der Waals surface area contributed by atoms with Crippen molar-refractivity contribution in [3.63, 3.8) is 0 Å². The van der Waals surface area contributed by atoms with Crippen LogP contribution in [-0.2, 0) is 4.79 Å². The highest BCUT2D eigenvalue weighted by Crippen LogP contribution is 2.39. The van der Waals surface area contributed by atoms with Crippen LogP contribution >= 0.6 is 0 Å². The summed E-state index contributed by atoms with van der Waals surface area (Å²) in [6.45, 7) is 4.43. The number of aromatic amines is 1. The fourth-order valence-electron chi connectivity index (χ4n) is 3.51. The van der Waals surface area contributed by atoms with Gasteiger partial charge >= 0.3 is 5.97 Å². The van der Waals surface area contributed by atoms with E-state index >= 15 is 0 Å². The van der Waals surface area contributed by atoms with Crippen molar-refractivity contribution < 1.29 is 9.90 Å². The third-order valence-corrected chi connectivity index (χ3v) is 4.92. The summed E-state index contributed by atoms with van der Waals surface area (Å²) in [7, 11) is 0. The number of rotatable bonds is 3. The molecule has 0 bridgehead atoms. The van der Waals surface area contributed by atoms with Gasteiger partial charge in [0.05, 0.1) is 5.92 Å². The molecule has 1 fully saturated rings. The first-order valence-electron chi connectivity index (χ1n) is 7.90. The average Bonchev–Trinajstić information content (AvgIpc) is 2.90. The molecule has 0 saturated heterocycles. The smallest absolute Gasteiger partial charge is 0.306 e. The van der Waals surface area contributed by atoms with Gasteiger partial charge in [0, 0.05) is 17.1 Å². The van der Waals surface area contributed by atoms with Crippen LogP contribution in [0.15, 0.2) is 24.4 Å². The van der Waals surface area contributed by atoms with Crippen molar-refractivity contribution >= 4 is 16.9 Å². The minimum atomic E-state index is -0.630. The Hall–Kier alpha value is -1.77. The molecule has 0 aliphatic heterocycles. The van der Waals surface area contributed by atoms with Crippen LogP contribution in [0.25, 0.3) is 10.9 Å². The summed E-state index contributed by atoms with van der Waals surface area (Å²) in [5.74, 6) is 0.254. The highest BCUT2D eigenvalue weighted by molar-refractivity contribution is 5.84. The van der Waals surface area contributed by atoms with E-state index in [0.29, 0.717) is 11.8 Å². The normalized spacial score (nSPS) is 22.8. The number of carboxylic acids is 1. The predicted octanol–water partition coefficient (Wildman–Crippen LogP) is 4.65. The molecule has 1 heterocycles. The Kier molecular flexibility index (Phi) is 3.75. The summed E-state index contributed by atoms with van der Waals surface area (Å²) < 4.78 is 0. The summed E-state index contributed by atoms with van der Waals surface area (Å²) in [6, 6.07) is 6.65. The van der Waals surface area contributed by atoms with Crippen LogP contribution in [0, 0.1) is 5.92 Å². The molecule has 1 saturated carbocycles. The summed E-state index contributed by atoms with van der Waals surface area (Å²) >= 11 is 0. The van der Waals surface area contributed by atoms with E-state index in [9.17, 15) is 4.79 Å². The number of aliphatic carboxylic acids is 1. The van der Waals surface area contributed by atoms with Crippen LogP contribution in [0.4, 0.5) is 0 Å². The first-order chi connectivity index (χ1) is 10.1. The van der Waals surface area contributed by atoms with Gasteiger partial charge in [-0.05, 0) is 60.8 Å². The monoisotopic (exact) mass is 285 g/mol. The number of aromatic nitrogens is 1. The summed E-state index contributed by atoms with van der Waals surface area (Å²) in [5.41, 5.74) is 3.92. The molecule has 0 radical (unpaired) electrons. The molecule has 3 nitrogen and oxygen atoms in total. The molecule has 1 aliphatic carbocycles. The van der Waals surface area contributed by atoms with Gasteiger partial charge < -0.3 is 10.1 Å². The minimum Gasteiger partial charge on any atom is -0.481 e. The van der Waals surface area contributed by atoms with Crippen molar-refractivity contribution in [2.75, 3.05) is 0 Å². The average molecular weight is 285 g/mol. The van der Waals surface area contributed by atoms with E-state index in [2.05, 4.69) is 43.2 Å². The van der Waals surface area contributed by atoms with Crippen molar-refractivity contribution in [2.24, 2.45) is 5.92 Å². The molecule has 0 spiro atoms. The fourth-order valence-corrected chi connectivity index (χ4v) is 3.51. The second kappa shape index (κ2) is 5.55. The van der Waals surface area contributed by atoms with Gasteiger partial charge in [-0.25, -0.2) is 0 Å². The van der Waals surface area contributed by atoms with Gasteiger partial charge in [0.2, 0.25) is 0 Å². The van der Waals surface area contributed by atoms with Gasteiger partial charge in [0.1, 0.15) is 0 Å². The summed E-state index contributed by atoms with van der Waals surface area (Å²) in [6.07, 6.45) is 5.69. The molecule has 1 aliphatic rings. The second-order valence-corrected chi connectivity index (χ2v) is 6.59. The Bertz CT molecular complexity index is 648. The number of nitrogens with one attached hydrogen (secondary N) is 1. The highest BCUT2D eigenvalue weighted by Gasteiger charge is 2.27. The lowest BCUT2D eigenvalue weighted by Gasteiger charge is -2.26. The van der Waals surface area contributed by atoms with Crippen LogP contribution in [0.3, 0.4) is 0 Å². The number of hydrogen-bond donors (Lipinski definition) is 2. The van der Waals surface area contributed by atoms with Crippen LogP contribution in [0.5, 0.6) is 0 Å². The number of benzene rings is 1. The molecule has 3 heteroatoms. The molecule has 112 valence electrons. The van der Waals surface area contributed by atoms with E-state index in [-0.39, 0.29) is 5.92 Å². The van der Waals surface area contributed by atoms with Crippen molar-refractivity contribution in [3.8, 4) is 0 Å². The maximum atomic E-state index is 11.1. The van der Waals surface area contributed by atoms with Crippen LogP contribution < -0.4 is 0 Å². The summed E-state index contributed by atoms with van der Waals surface area (Å²) in [4.78, 5) is 14.4. The minimum absolute atomic E-state index is 0.141. The van der Waals surface area contributed by atoms with Crippen molar-refractivity contribution in [2.45, 2.75) is 51.4 Å². The molecule has 0 unspecified atom stereocenters. The van der Waals surface area contributed by atoms with Crippen molar-refractivity contribution in [1.82, 2.24) is 4.98 Å². The van der Waals surface area contributed by atoms with E-state index in [1.165, 1.54) is 22.0 Å². The zero-order chi connectivity index (χ0) is 15.0. The van der Waals surface area contributed by atoms with Gasteiger partial charge in [-0.2, -0.15) is 0 Å². The number of hydrogen-bond acceptors (Lipinski definition) is 1. The second-order valence-electron chi connectivity index (χ2n) is 6.59. The Labute approximate surface area is 125 Å². The lowest BCUT2D eigenvalue weighted by molar-refractivity contribution is -0.142. The van der Waals surface area contributed by atoms with Crippen LogP contribution in [0.2, 0.25) is 0 Å². The lowest BCUT2D eigenvalue weighted by Crippen LogP contribution is -2.20. The van der Waals surface area contributed by atoms with Gasteiger partial charge in [-0.15, -0.1) is 0 Å². The van der Waals surface area contributed by atoms with Gasteiger partial charge in [0.25, 0.3) is 0 Å². The molecular weight excluding hydrogens is 262 g/mol. The van der Waals surface area contributed by atoms with E-state index in [1.807, 2.05) is 0 Å². The molecule has 21 heavy (non-hydrogen) atoms. The number of carboxylic acid groups (broad SMARTS) is 1. The number of fused-ring (bicyclic) bond motifs is 1. The zero-order valence-corrected chi connectivity index (χ0v) is 12.7. The topological polar surface area (TPSA) is 53.1 Å². The largest absolute Gasteiger partial charge is 0.481 e. The molecule has 2 N–H and O–H groups in total. The SMILES string of the molecule is CC(C)c1ccc2[nH]cc(C3CCC(C(=O)O)CC3)c2c1. The third-order valence-electron chi connectivity index (χ3n) is 4.92. The number of carbonyl (C=O) groups is 1. The van der Waals surface area contributed by atoms with Gasteiger partial charge in [-0.1, -0.05) is 19.9 Å². The van der Waals surface area contributed by atoms with Gasteiger partial charge in [0.15, 0.2) is 0 Å². The van der Waals surface area contributed by atoms with E-state index < -0.39 is 5.97 Å². The van der Waals surface area contributed by atoms with Crippen molar-refractivity contribution in [1.29, 1.82) is 0 Å². The molecule has 3 rings (SSSR count). The predicted molar refractivity (Wildman–Crippen MR) is 84.7 cm³/mol. The van der Waals surface area contributed by atoms with Crippen LogP contribution in [0.1, 0.15) is 62.5 Å². The first-order valence-corrected chi connectivity index (χ1v) is 7.90. The molecule has 0 atom stereocenters.